The Hall–Kier alpha value is -2.19. The molecule has 138 valence electrons. The Kier molecular flexibility index (Phi) is 5.03. The van der Waals surface area contributed by atoms with Gasteiger partial charge in [-0.2, -0.15) is 11.3 Å². The van der Waals surface area contributed by atoms with Crippen LogP contribution in [0.25, 0.3) is 0 Å². The van der Waals surface area contributed by atoms with Crippen LogP contribution in [0.3, 0.4) is 0 Å². The zero-order valence-corrected chi connectivity index (χ0v) is 15.9. The Bertz CT molecular complexity index is 719. The van der Waals surface area contributed by atoms with E-state index < -0.39 is 0 Å². The highest BCUT2D eigenvalue weighted by Crippen LogP contribution is 2.18. The second kappa shape index (κ2) is 7.59. The second-order valence-corrected chi connectivity index (χ2v) is 7.61. The van der Waals surface area contributed by atoms with Crippen molar-refractivity contribution >= 4 is 28.9 Å². The van der Waals surface area contributed by atoms with E-state index in [1.54, 1.807) is 11.3 Å². The van der Waals surface area contributed by atoms with Crippen LogP contribution in [0.2, 0.25) is 0 Å². The van der Waals surface area contributed by atoms with Crippen molar-refractivity contribution in [2.45, 2.75) is 0 Å². The number of aromatic nitrogens is 2. The van der Waals surface area contributed by atoms with E-state index in [0.29, 0.717) is 0 Å². The molecule has 2 fully saturated rings. The fourth-order valence-electron chi connectivity index (χ4n) is 3.40. The summed E-state index contributed by atoms with van der Waals surface area (Å²) in [5, 5.41) is 12.7. The largest absolute Gasteiger partial charge is 0.353 e. The van der Waals surface area contributed by atoms with E-state index >= 15 is 0 Å². The standard InChI is InChI=1S/C18H24N6OS/c1-21-5-7-22(8-6-21)16-2-3-17(20-19-16)23-9-11-24(12-10-23)18(25)15-4-13-26-14-15/h2-4,13-14H,5-12H2,1H3. The number of amides is 1. The van der Waals surface area contributed by atoms with Crippen LogP contribution in [-0.4, -0.2) is 85.3 Å². The lowest BCUT2D eigenvalue weighted by Gasteiger charge is -2.35. The highest BCUT2D eigenvalue weighted by molar-refractivity contribution is 7.08. The third kappa shape index (κ3) is 3.66. The number of carbonyl (C=O) groups excluding carboxylic acids is 1. The van der Waals surface area contributed by atoms with Crippen molar-refractivity contribution in [2.75, 3.05) is 69.2 Å². The third-order valence-corrected chi connectivity index (χ3v) is 5.81. The van der Waals surface area contributed by atoms with Gasteiger partial charge >= 0.3 is 0 Å². The smallest absolute Gasteiger partial charge is 0.254 e. The molecule has 0 bridgehead atoms. The Morgan fingerprint density at radius 1 is 0.885 bits per heavy atom. The summed E-state index contributed by atoms with van der Waals surface area (Å²) in [6.45, 7) is 7.12. The molecule has 7 nitrogen and oxygen atoms in total. The maximum Gasteiger partial charge on any atom is 0.254 e. The number of nitrogens with zero attached hydrogens (tertiary/aromatic N) is 6. The molecule has 2 aliphatic rings. The third-order valence-electron chi connectivity index (χ3n) is 5.12. The van der Waals surface area contributed by atoms with Crippen LogP contribution in [0, 0.1) is 0 Å². The molecule has 1 amide bonds. The molecule has 8 heteroatoms. The molecule has 2 aromatic heterocycles. The molecule has 0 radical (unpaired) electrons. The van der Waals surface area contributed by atoms with Crippen molar-refractivity contribution in [1.29, 1.82) is 0 Å². The van der Waals surface area contributed by atoms with Gasteiger partial charge in [0.2, 0.25) is 0 Å². The topological polar surface area (TPSA) is 55.8 Å². The molecular formula is C18H24N6OS. The summed E-state index contributed by atoms with van der Waals surface area (Å²) in [5.74, 6) is 1.97. The molecule has 2 aromatic rings. The van der Waals surface area contributed by atoms with Gasteiger partial charge in [0.1, 0.15) is 0 Å². The molecule has 2 saturated heterocycles. The van der Waals surface area contributed by atoms with Crippen molar-refractivity contribution in [3.63, 3.8) is 0 Å². The van der Waals surface area contributed by atoms with Crippen LogP contribution in [0.15, 0.2) is 29.0 Å². The lowest BCUT2D eigenvalue weighted by Crippen LogP contribution is -2.49. The Morgan fingerprint density at radius 3 is 1.96 bits per heavy atom. The van der Waals surface area contributed by atoms with Gasteiger partial charge in [0.05, 0.1) is 5.56 Å². The van der Waals surface area contributed by atoms with Gasteiger partial charge in [0.15, 0.2) is 11.6 Å². The normalized spacial score (nSPS) is 19.0. The molecule has 2 aliphatic heterocycles. The molecule has 0 unspecified atom stereocenters. The van der Waals surface area contributed by atoms with Crippen LogP contribution in [-0.2, 0) is 0 Å². The Morgan fingerprint density at radius 2 is 1.46 bits per heavy atom. The van der Waals surface area contributed by atoms with E-state index in [4.69, 9.17) is 0 Å². The van der Waals surface area contributed by atoms with Gasteiger partial charge < -0.3 is 19.6 Å². The first-order valence-electron chi connectivity index (χ1n) is 9.04. The van der Waals surface area contributed by atoms with Gasteiger partial charge in [-0.25, -0.2) is 0 Å². The average molecular weight is 372 g/mol. The first-order chi connectivity index (χ1) is 12.7. The van der Waals surface area contributed by atoms with Gasteiger partial charge in [-0.05, 0) is 30.6 Å². The molecule has 0 saturated carbocycles. The molecule has 4 heterocycles. The van der Waals surface area contributed by atoms with Crippen molar-refractivity contribution in [3.05, 3.63) is 34.5 Å². The average Bonchev–Trinajstić information content (AvgIpc) is 3.23. The minimum absolute atomic E-state index is 0.127. The summed E-state index contributed by atoms with van der Waals surface area (Å²) in [6.07, 6.45) is 0. The maximum absolute atomic E-state index is 12.4. The first kappa shape index (κ1) is 17.2. The number of likely N-dealkylation sites (N-methyl/N-ethyl adjacent to an activating group) is 1. The summed E-state index contributed by atoms with van der Waals surface area (Å²) >= 11 is 1.56. The predicted molar refractivity (Wildman–Crippen MR) is 104 cm³/mol. The van der Waals surface area contributed by atoms with E-state index in [9.17, 15) is 4.79 Å². The van der Waals surface area contributed by atoms with E-state index in [1.165, 1.54) is 0 Å². The second-order valence-electron chi connectivity index (χ2n) is 6.83. The van der Waals surface area contributed by atoms with Gasteiger partial charge in [-0.3, -0.25) is 4.79 Å². The van der Waals surface area contributed by atoms with Crippen LogP contribution in [0.4, 0.5) is 11.6 Å². The van der Waals surface area contributed by atoms with Gasteiger partial charge in [-0.15, -0.1) is 10.2 Å². The van der Waals surface area contributed by atoms with E-state index in [2.05, 4.69) is 44.1 Å². The molecule has 0 N–H and O–H groups in total. The zero-order chi connectivity index (χ0) is 17.9. The van der Waals surface area contributed by atoms with Gasteiger partial charge in [0.25, 0.3) is 5.91 Å². The van der Waals surface area contributed by atoms with E-state index in [0.717, 1.165) is 69.6 Å². The number of piperazine rings is 2. The van der Waals surface area contributed by atoms with Crippen LogP contribution >= 0.6 is 11.3 Å². The summed E-state index contributed by atoms with van der Waals surface area (Å²) in [7, 11) is 2.15. The van der Waals surface area contributed by atoms with E-state index in [1.807, 2.05) is 21.7 Å². The van der Waals surface area contributed by atoms with Crippen LogP contribution < -0.4 is 9.80 Å². The number of rotatable bonds is 3. The SMILES string of the molecule is CN1CCN(c2ccc(N3CCN(C(=O)c4ccsc4)CC3)nn2)CC1. The van der Waals surface area contributed by atoms with Crippen molar-refractivity contribution < 1.29 is 4.79 Å². The van der Waals surface area contributed by atoms with Crippen LogP contribution in [0.1, 0.15) is 10.4 Å². The van der Waals surface area contributed by atoms with Crippen LogP contribution in [0.5, 0.6) is 0 Å². The quantitative estimate of drug-likeness (QED) is 0.808. The number of anilines is 2. The zero-order valence-electron chi connectivity index (χ0n) is 15.0. The number of thiophene rings is 1. The maximum atomic E-state index is 12.4. The predicted octanol–water partition coefficient (Wildman–Crippen LogP) is 1.25. The lowest BCUT2D eigenvalue weighted by molar-refractivity contribution is 0.0747. The van der Waals surface area contributed by atoms with Gasteiger partial charge in [-0.1, -0.05) is 0 Å². The number of carbonyl (C=O) groups is 1. The fourth-order valence-corrected chi connectivity index (χ4v) is 4.03. The highest BCUT2D eigenvalue weighted by Gasteiger charge is 2.23. The van der Waals surface area contributed by atoms with E-state index in [-0.39, 0.29) is 5.91 Å². The Balaban J connectivity index is 1.34. The van der Waals surface area contributed by atoms with Gasteiger partial charge in [0, 0.05) is 57.7 Å². The van der Waals surface area contributed by atoms with Crippen molar-refractivity contribution in [2.24, 2.45) is 0 Å². The minimum Gasteiger partial charge on any atom is -0.353 e. The molecule has 0 atom stereocenters. The first-order valence-corrected chi connectivity index (χ1v) is 9.98. The molecular weight excluding hydrogens is 348 g/mol. The fraction of sp³-hybridized carbons (Fsp3) is 0.500. The highest BCUT2D eigenvalue weighted by atomic mass is 32.1. The summed E-state index contributed by atoms with van der Waals surface area (Å²) in [6, 6.07) is 6.01. The summed E-state index contributed by atoms with van der Waals surface area (Å²) in [4.78, 5) is 21.2. The molecule has 0 spiro atoms. The molecule has 0 aromatic carbocycles. The van der Waals surface area contributed by atoms with Crippen molar-refractivity contribution in [3.8, 4) is 0 Å². The number of hydrogen-bond donors (Lipinski definition) is 0. The monoisotopic (exact) mass is 372 g/mol. The Labute approximate surface area is 157 Å². The van der Waals surface area contributed by atoms with Crippen molar-refractivity contribution in [1.82, 2.24) is 20.0 Å². The molecule has 0 aliphatic carbocycles. The lowest BCUT2D eigenvalue weighted by atomic mass is 10.2. The summed E-state index contributed by atoms with van der Waals surface area (Å²) < 4.78 is 0. The molecule has 4 rings (SSSR count). The number of hydrogen-bond acceptors (Lipinski definition) is 7. The molecule has 26 heavy (non-hydrogen) atoms. The summed E-state index contributed by atoms with van der Waals surface area (Å²) in [5.41, 5.74) is 0.791. The minimum atomic E-state index is 0.127.